The Bertz CT molecular complexity index is 827. The predicted molar refractivity (Wildman–Crippen MR) is 87.8 cm³/mol. The van der Waals surface area contributed by atoms with Gasteiger partial charge < -0.3 is 4.74 Å². The number of alkyl halides is 3. The quantitative estimate of drug-likeness (QED) is 0.534. The molecule has 0 saturated heterocycles. The molecule has 121 valence electrons. The molecular formula is C19H11ClF3O. The van der Waals surface area contributed by atoms with Crippen molar-refractivity contribution in [2.24, 2.45) is 0 Å². The number of ether oxygens (including phenoxy) is 1. The molecule has 0 unspecified atom stereocenters. The summed E-state index contributed by atoms with van der Waals surface area (Å²) in [6.07, 6.45) is -4.75. The standard InChI is InChI=1S/C19H11ClF3O/c20-17-10-16(11-18(12-17)24-19(21,22)23)15-8-6-14(7-9-15)13-4-2-1-3-5-13/h2-12H. The molecule has 0 N–H and O–H groups in total. The van der Waals surface area contributed by atoms with Crippen LogP contribution in [0.2, 0.25) is 5.02 Å². The molecule has 1 radical (unpaired) electrons. The van der Waals surface area contributed by atoms with Crippen molar-refractivity contribution in [3.63, 3.8) is 0 Å². The Balaban J connectivity index is 1.92. The summed E-state index contributed by atoms with van der Waals surface area (Å²) in [5.74, 6) is -0.340. The van der Waals surface area contributed by atoms with Crippen molar-refractivity contribution in [1.29, 1.82) is 0 Å². The lowest BCUT2D eigenvalue weighted by Crippen LogP contribution is -2.17. The van der Waals surface area contributed by atoms with Crippen LogP contribution in [0.5, 0.6) is 5.75 Å². The Kier molecular flexibility index (Phi) is 4.49. The van der Waals surface area contributed by atoms with E-state index in [0.29, 0.717) is 5.56 Å². The van der Waals surface area contributed by atoms with E-state index < -0.39 is 6.36 Å². The van der Waals surface area contributed by atoms with Crippen LogP contribution in [-0.2, 0) is 0 Å². The van der Waals surface area contributed by atoms with E-state index >= 15 is 0 Å². The van der Waals surface area contributed by atoms with Gasteiger partial charge in [-0.3, -0.25) is 0 Å². The van der Waals surface area contributed by atoms with Crippen LogP contribution in [0.4, 0.5) is 13.2 Å². The number of hydrogen-bond acceptors (Lipinski definition) is 1. The fraction of sp³-hybridized carbons (Fsp3) is 0.0526. The van der Waals surface area contributed by atoms with E-state index in [1.807, 2.05) is 48.5 Å². The Hall–Kier alpha value is -2.46. The molecule has 3 aromatic rings. The van der Waals surface area contributed by atoms with Crippen molar-refractivity contribution in [3.05, 3.63) is 77.8 Å². The first-order chi connectivity index (χ1) is 11.4. The summed E-state index contributed by atoms with van der Waals surface area (Å²) in [4.78, 5) is 0. The van der Waals surface area contributed by atoms with Crippen molar-refractivity contribution in [3.8, 4) is 28.0 Å². The minimum absolute atomic E-state index is 0.175. The van der Waals surface area contributed by atoms with Gasteiger partial charge in [-0.05, 0) is 46.5 Å². The fourth-order valence-corrected chi connectivity index (χ4v) is 2.58. The molecule has 0 aromatic heterocycles. The Morgan fingerprint density at radius 2 is 1.29 bits per heavy atom. The number of halogens is 4. The number of rotatable bonds is 3. The van der Waals surface area contributed by atoms with Gasteiger partial charge in [-0.15, -0.1) is 13.2 Å². The molecule has 0 spiro atoms. The van der Waals surface area contributed by atoms with Crippen LogP contribution in [0.15, 0.2) is 66.7 Å². The lowest BCUT2D eigenvalue weighted by Gasteiger charge is -2.11. The molecule has 0 bridgehead atoms. The first-order valence-electron chi connectivity index (χ1n) is 7.04. The van der Waals surface area contributed by atoms with Gasteiger partial charge in [0.1, 0.15) is 5.75 Å². The van der Waals surface area contributed by atoms with Crippen molar-refractivity contribution < 1.29 is 17.9 Å². The van der Waals surface area contributed by atoms with Gasteiger partial charge in [0.2, 0.25) is 0 Å². The topological polar surface area (TPSA) is 9.23 Å². The maximum absolute atomic E-state index is 12.4. The molecule has 0 aliphatic heterocycles. The zero-order chi connectivity index (χ0) is 17.2. The maximum atomic E-state index is 12.4. The van der Waals surface area contributed by atoms with E-state index in [-0.39, 0.29) is 10.8 Å². The SMILES string of the molecule is FC(F)(F)Oc1cc(Cl)cc(-c2ccc(-c3cc[c]cc3)cc2)c1. The van der Waals surface area contributed by atoms with Gasteiger partial charge in [0.15, 0.2) is 0 Å². The molecule has 0 aliphatic carbocycles. The van der Waals surface area contributed by atoms with Crippen LogP contribution in [0.1, 0.15) is 0 Å². The number of benzene rings is 3. The lowest BCUT2D eigenvalue weighted by molar-refractivity contribution is -0.274. The van der Waals surface area contributed by atoms with Crippen LogP contribution < -0.4 is 4.74 Å². The van der Waals surface area contributed by atoms with E-state index in [9.17, 15) is 13.2 Å². The van der Waals surface area contributed by atoms with Gasteiger partial charge >= 0.3 is 6.36 Å². The van der Waals surface area contributed by atoms with Crippen LogP contribution in [0, 0.1) is 6.07 Å². The highest BCUT2D eigenvalue weighted by Crippen LogP contribution is 2.32. The van der Waals surface area contributed by atoms with Crippen LogP contribution in [-0.4, -0.2) is 6.36 Å². The molecule has 0 heterocycles. The normalized spacial score (nSPS) is 11.3. The first-order valence-corrected chi connectivity index (χ1v) is 7.42. The molecule has 3 aromatic carbocycles. The third-order valence-electron chi connectivity index (χ3n) is 3.37. The largest absolute Gasteiger partial charge is 0.573 e. The molecule has 0 aliphatic rings. The van der Waals surface area contributed by atoms with Gasteiger partial charge in [-0.2, -0.15) is 0 Å². The molecule has 0 saturated carbocycles. The van der Waals surface area contributed by atoms with Crippen molar-refractivity contribution >= 4 is 11.6 Å². The molecule has 0 fully saturated rings. The van der Waals surface area contributed by atoms with Crippen molar-refractivity contribution in [2.45, 2.75) is 6.36 Å². The van der Waals surface area contributed by atoms with Crippen molar-refractivity contribution in [2.75, 3.05) is 0 Å². The zero-order valence-electron chi connectivity index (χ0n) is 12.3. The second-order valence-corrected chi connectivity index (χ2v) is 5.53. The summed E-state index contributed by atoms with van der Waals surface area (Å²) in [6.45, 7) is 0. The minimum Gasteiger partial charge on any atom is -0.406 e. The van der Waals surface area contributed by atoms with Gasteiger partial charge in [-0.25, -0.2) is 0 Å². The average Bonchev–Trinajstić information content (AvgIpc) is 2.54. The van der Waals surface area contributed by atoms with E-state index in [0.717, 1.165) is 22.8 Å². The highest BCUT2D eigenvalue weighted by atomic mass is 35.5. The third-order valence-corrected chi connectivity index (χ3v) is 3.59. The van der Waals surface area contributed by atoms with E-state index in [2.05, 4.69) is 10.8 Å². The summed E-state index contributed by atoms with van der Waals surface area (Å²) < 4.78 is 41.1. The summed E-state index contributed by atoms with van der Waals surface area (Å²) >= 11 is 5.91. The smallest absolute Gasteiger partial charge is 0.406 e. The van der Waals surface area contributed by atoms with Crippen LogP contribution >= 0.6 is 11.6 Å². The van der Waals surface area contributed by atoms with E-state index in [1.54, 1.807) is 6.07 Å². The van der Waals surface area contributed by atoms with Gasteiger partial charge in [0.05, 0.1) is 0 Å². The van der Waals surface area contributed by atoms with Gasteiger partial charge in [-0.1, -0.05) is 60.1 Å². The third kappa shape index (κ3) is 4.09. The fourth-order valence-electron chi connectivity index (χ4n) is 2.36. The molecule has 5 heteroatoms. The molecule has 0 atom stereocenters. The Labute approximate surface area is 142 Å². The summed E-state index contributed by atoms with van der Waals surface area (Å²) in [5, 5.41) is 0.175. The second kappa shape index (κ2) is 6.57. The summed E-state index contributed by atoms with van der Waals surface area (Å²) in [5.41, 5.74) is 3.33. The van der Waals surface area contributed by atoms with Crippen LogP contribution in [0.25, 0.3) is 22.3 Å². The predicted octanol–water partition coefficient (Wildman–Crippen LogP) is 6.37. The Morgan fingerprint density at radius 3 is 1.88 bits per heavy atom. The first kappa shape index (κ1) is 16.4. The molecule has 0 amide bonds. The van der Waals surface area contributed by atoms with Gasteiger partial charge in [0, 0.05) is 5.02 Å². The van der Waals surface area contributed by atoms with E-state index in [4.69, 9.17) is 11.6 Å². The lowest BCUT2D eigenvalue weighted by atomic mass is 10.0. The van der Waals surface area contributed by atoms with Crippen molar-refractivity contribution in [1.82, 2.24) is 0 Å². The molecule has 3 rings (SSSR count). The second-order valence-electron chi connectivity index (χ2n) is 5.09. The van der Waals surface area contributed by atoms with Gasteiger partial charge in [0.25, 0.3) is 0 Å². The monoisotopic (exact) mass is 347 g/mol. The average molecular weight is 348 g/mol. The maximum Gasteiger partial charge on any atom is 0.573 e. The highest BCUT2D eigenvalue weighted by Gasteiger charge is 2.31. The molecule has 24 heavy (non-hydrogen) atoms. The summed E-state index contributed by atoms with van der Waals surface area (Å²) in [6, 6.07) is 22.0. The summed E-state index contributed by atoms with van der Waals surface area (Å²) in [7, 11) is 0. The minimum atomic E-state index is -4.75. The number of hydrogen-bond donors (Lipinski definition) is 0. The zero-order valence-corrected chi connectivity index (χ0v) is 13.0. The van der Waals surface area contributed by atoms with Crippen LogP contribution in [0.3, 0.4) is 0 Å². The van der Waals surface area contributed by atoms with E-state index in [1.165, 1.54) is 6.07 Å². The molecule has 1 nitrogen and oxygen atoms in total. The highest BCUT2D eigenvalue weighted by molar-refractivity contribution is 6.31. The Morgan fingerprint density at radius 1 is 0.750 bits per heavy atom. The molecular weight excluding hydrogens is 337 g/mol.